The van der Waals surface area contributed by atoms with Gasteiger partial charge in [0.25, 0.3) is 5.91 Å². The number of fused-ring (bicyclic) bond motifs is 3. The highest BCUT2D eigenvalue weighted by atomic mass is 16.3. The van der Waals surface area contributed by atoms with E-state index in [1.54, 1.807) is 0 Å². The summed E-state index contributed by atoms with van der Waals surface area (Å²) in [5.74, 6) is -4.10. The summed E-state index contributed by atoms with van der Waals surface area (Å²) < 4.78 is 0. The van der Waals surface area contributed by atoms with Crippen molar-refractivity contribution in [2.45, 2.75) is 24.9 Å². The molecule has 8 nitrogen and oxygen atoms in total. The van der Waals surface area contributed by atoms with Crippen molar-refractivity contribution >= 4 is 17.5 Å². The average Bonchev–Trinajstić information content (AvgIpc) is 2.64. The Balaban J connectivity index is 1.93. The van der Waals surface area contributed by atoms with Crippen LogP contribution in [0.25, 0.3) is 0 Å². The molecule has 1 amide bonds. The fraction of sp³-hybridized carbons (Fsp3) is 0.286. The molecule has 1 aromatic carbocycles. The topological polar surface area (TPSA) is 158 Å². The number of aliphatic hydroxyl groups is 3. The summed E-state index contributed by atoms with van der Waals surface area (Å²) in [7, 11) is 0. The zero-order valence-corrected chi connectivity index (χ0v) is 15.1. The molecule has 8 heteroatoms. The minimum absolute atomic E-state index is 0.0720. The summed E-state index contributed by atoms with van der Waals surface area (Å²) in [5, 5.41) is 42.2. The molecule has 0 saturated carbocycles. The zero-order valence-electron chi connectivity index (χ0n) is 15.1. The molecule has 0 aliphatic heterocycles. The Bertz CT molecular complexity index is 1120. The highest BCUT2D eigenvalue weighted by Crippen LogP contribution is 2.51. The van der Waals surface area contributed by atoms with Crippen molar-refractivity contribution < 1.29 is 34.8 Å². The van der Waals surface area contributed by atoms with E-state index in [1.807, 2.05) is 0 Å². The first-order valence-electron chi connectivity index (χ1n) is 8.91. The van der Waals surface area contributed by atoms with E-state index in [-0.39, 0.29) is 36.1 Å². The lowest BCUT2D eigenvalue weighted by molar-refractivity contribution is -0.144. The summed E-state index contributed by atoms with van der Waals surface area (Å²) in [4.78, 5) is 37.5. The third-order valence-electron chi connectivity index (χ3n) is 6.10. The lowest BCUT2D eigenvalue weighted by Crippen LogP contribution is -2.57. The molecule has 4 rings (SSSR count). The van der Waals surface area contributed by atoms with E-state index in [4.69, 9.17) is 12.2 Å². The first kappa shape index (κ1) is 18.8. The molecule has 0 fully saturated rings. The highest BCUT2D eigenvalue weighted by Gasteiger charge is 2.59. The molecule has 0 spiro atoms. The third kappa shape index (κ3) is 2.28. The van der Waals surface area contributed by atoms with Gasteiger partial charge in [-0.2, -0.15) is 0 Å². The van der Waals surface area contributed by atoms with E-state index in [0.717, 1.165) is 0 Å². The molecule has 3 aliphatic carbocycles. The molecule has 3 aliphatic rings. The van der Waals surface area contributed by atoms with Crippen molar-refractivity contribution in [2.75, 3.05) is 0 Å². The van der Waals surface area contributed by atoms with Crippen LogP contribution in [-0.4, -0.2) is 43.5 Å². The molecule has 6 N–H and O–H groups in total. The van der Waals surface area contributed by atoms with Crippen molar-refractivity contribution in [1.82, 2.24) is 0 Å². The number of allylic oxidation sites excluding steroid dienone is 2. The standard InChI is InChI=1S/C21H17NO7/c1-2-8-3-4-12(23)15-11(8)6-9-5-10-7-13(24)16(20(22)28)19(27)21(10,29)18(26)14(9)17(15)25/h1,3-4,9-10,23-24,26,29H,5-7H2,(H2,22,28)/t9-,10+,21+/m1/s1. The van der Waals surface area contributed by atoms with Gasteiger partial charge in [-0.3, -0.25) is 14.4 Å². The number of phenols is 1. The number of carbonyl (C=O) groups excluding carboxylic acids is 3. The smallest absolute Gasteiger partial charge is 0.255 e. The van der Waals surface area contributed by atoms with Crippen molar-refractivity contribution in [3.05, 3.63) is 51.5 Å². The van der Waals surface area contributed by atoms with Gasteiger partial charge in [-0.1, -0.05) is 5.92 Å². The first-order valence-corrected chi connectivity index (χ1v) is 8.91. The molecule has 1 aromatic rings. The zero-order chi connectivity index (χ0) is 21.2. The van der Waals surface area contributed by atoms with Crippen LogP contribution >= 0.6 is 0 Å². The predicted molar refractivity (Wildman–Crippen MR) is 98.8 cm³/mol. The summed E-state index contributed by atoms with van der Waals surface area (Å²) in [6.45, 7) is 0. The number of aliphatic hydroxyl groups excluding tert-OH is 2. The van der Waals surface area contributed by atoms with Gasteiger partial charge in [0, 0.05) is 23.5 Å². The van der Waals surface area contributed by atoms with Crippen LogP contribution in [0.1, 0.15) is 34.3 Å². The Morgan fingerprint density at radius 3 is 2.52 bits per heavy atom. The van der Waals surface area contributed by atoms with Gasteiger partial charge in [-0.05, 0) is 36.5 Å². The molecule has 0 radical (unpaired) electrons. The number of nitrogens with two attached hydrogens (primary N) is 1. The molecule has 148 valence electrons. The van der Waals surface area contributed by atoms with Gasteiger partial charge in [0.15, 0.2) is 11.4 Å². The minimum Gasteiger partial charge on any atom is -0.511 e. The highest BCUT2D eigenvalue weighted by molar-refractivity contribution is 6.24. The van der Waals surface area contributed by atoms with E-state index in [1.165, 1.54) is 12.1 Å². The summed E-state index contributed by atoms with van der Waals surface area (Å²) in [5.41, 5.74) is 2.36. The number of rotatable bonds is 1. The summed E-state index contributed by atoms with van der Waals surface area (Å²) in [6, 6.07) is 2.77. The maximum atomic E-state index is 13.1. The Kier molecular flexibility index (Phi) is 3.86. The van der Waals surface area contributed by atoms with E-state index in [9.17, 15) is 34.8 Å². The molecule has 0 aromatic heterocycles. The van der Waals surface area contributed by atoms with Crippen LogP contribution in [0.2, 0.25) is 0 Å². The number of aromatic hydroxyl groups is 1. The first-order chi connectivity index (χ1) is 13.6. The minimum atomic E-state index is -2.56. The molecular formula is C21H17NO7. The van der Waals surface area contributed by atoms with Gasteiger partial charge < -0.3 is 26.2 Å². The second-order valence-corrected chi connectivity index (χ2v) is 7.54. The number of hydrogen-bond acceptors (Lipinski definition) is 7. The number of benzene rings is 1. The van der Waals surface area contributed by atoms with Crippen LogP contribution in [0, 0.1) is 24.2 Å². The van der Waals surface area contributed by atoms with Gasteiger partial charge in [0.2, 0.25) is 5.78 Å². The average molecular weight is 395 g/mol. The second kappa shape index (κ2) is 5.96. The number of primary amides is 1. The normalized spacial score (nSPS) is 28.4. The van der Waals surface area contributed by atoms with Crippen LogP contribution in [-0.2, 0) is 16.0 Å². The molecule has 0 unspecified atom stereocenters. The number of terminal acetylenes is 1. The molecule has 3 atom stereocenters. The van der Waals surface area contributed by atoms with Crippen LogP contribution in [0.15, 0.2) is 34.8 Å². The number of carbonyl (C=O) groups is 3. The van der Waals surface area contributed by atoms with Gasteiger partial charge in [0.05, 0.1) is 5.56 Å². The Morgan fingerprint density at radius 1 is 1.21 bits per heavy atom. The van der Waals surface area contributed by atoms with Crippen molar-refractivity contribution in [1.29, 1.82) is 0 Å². The number of Topliss-reactive ketones (excluding diaryl/α,β-unsaturated/α-hetero) is 2. The van der Waals surface area contributed by atoms with Gasteiger partial charge in [0.1, 0.15) is 22.8 Å². The van der Waals surface area contributed by atoms with Gasteiger partial charge in [-0.15, -0.1) is 6.42 Å². The maximum absolute atomic E-state index is 13.1. The van der Waals surface area contributed by atoms with E-state index in [0.29, 0.717) is 11.1 Å². The molecular weight excluding hydrogens is 378 g/mol. The lowest BCUT2D eigenvalue weighted by atomic mass is 9.60. The maximum Gasteiger partial charge on any atom is 0.255 e. The molecule has 29 heavy (non-hydrogen) atoms. The quantitative estimate of drug-likeness (QED) is 0.343. The summed E-state index contributed by atoms with van der Waals surface area (Å²) >= 11 is 0. The Hall–Kier alpha value is -3.57. The fourth-order valence-electron chi connectivity index (χ4n) is 4.75. The number of hydrogen-bond donors (Lipinski definition) is 5. The predicted octanol–water partition coefficient (Wildman–Crippen LogP) is 0.562. The third-order valence-corrected chi connectivity index (χ3v) is 6.10. The van der Waals surface area contributed by atoms with Crippen LogP contribution in [0.4, 0.5) is 0 Å². The lowest BCUT2D eigenvalue weighted by Gasteiger charge is -2.45. The van der Waals surface area contributed by atoms with Crippen LogP contribution in [0.5, 0.6) is 5.75 Å². The van der Waals surface area contributed by atoms with Crippen molar-refractivity contribution in [3.63, 3.8) is 0 Å². The van der Waals surface area contributed by atoms with Gasteiger partial charge in [-0.25, -0.2) is 0 Å². The van der Waals surface area contributed by atoms with Crippen molar-refractivity contribution in [3.8, 4) is 18.1 Å². The van der Waals surface area contributed by atoms with E-state index in [2.05, 4.69) is 5.92 Å². The van der Waals surface area contributed by atoms with Gasteiger partial charge >= 0.3 is 0 Å². The number of ketones is 2. The summed E-state index contributed by atoms with van der Waals surface area (Å²) in [6.07, 6.45) is 5.50. The van der Waals surface area contributed by atoms with Crippen LogP contribution < -0.4 is 5.73 Å². The number of amides is 1. The monoisotopic (exact) mass is 395 g/mol. The van der Waals surface area contributed by atoms with Crippen molar-refractivity contribution in [2.24, 2.45) is 17.6 Å². The Morgan fingerprint density at radius 2 is 1.90 bits per heavy atom. The van der Waals surface area contributed by atoms with E-state index >= 15 is 0 Å². The molecule has 0 heterocycles. The SMILES string of the molecule is C#Cc1ccc(O)c2c1C[C@H]1C[C@H]3CC(O)=C(C(N)=O)C(=O)[C@@]3(O)C(O)=C1C2=O. The fourth-order valence-corrected chi connectivity index (χ4v) is 4.75. The van der Waals surface area contributed by atoms with E-state index < -0.39 is 52.0 Å². The molecule has 0 bridgehead atoms. The second-order valence-electron chi connectivity index (χ2n) is 7.54. The van der Waals surface area contributed by atoms with Crippen LogP contribution in [0.3, 0.4) is 0 Å². The largest absolute Gasteiger partial charge is 0.511 e. The molecule has 0 saturated heterocycles. The number of phenolic OH excluding ortho intramolecular Hbond substituents is 1. The Labute approximate surface area is 165 Å².